The number of thioether (sulfide) groups is 1. The van der Waals surface area contributed by atoms with Crippen LogP contribution in [0, 0.1) is 0 Å². The third-order valence-corrected chi connectivity index (χ3v) is 2.76. The third kappa shape index (κ3) is 0.778. The molecule has 0 radical (unpaired) electrons. The standard InChI is InChI=1S/C7H8N2S/c8-7-5-2-4-10-6(5)1-3-9-7/h1,3H,2,4H2,(H2,8,9). The summed E-state index contributed by atoms with van der Waals surface area (Å²) in [7, 11) is 0. The molecule has 2 nitrogen and oxygen atoms in total. The van der Waals surface area contributed by atoms with E-state index in [0.29, 0.717) is 5.82 Å². The average Bonchev–Trinajstić information content (AvgIpc) is 2.36. The lowest BCUT2D eigenvalue weighted by Crippen LogP contribution is -1.95. The second-order valence-corrected chi connectivity index (χ2v) is 3.41. The molecular formula is C7H8N2S. The monoisotopic (exact) mass is 152 g/mol. The number of nitrogens with two attached hydrogens (primary N) is 1. The number of aromatic nitrogens is 1. The topological polar surface area (TPSA) is 38.9 Å². The number of nitrogens with zero attached hydrogens (tertiary/aromatic N) is 1. The highest BCUT2D eigenvalue weighted by Crippen LogP contribution is 2.32. The highest BCUT2D eigenvalue weighted by Gasteiger charge is 2.13. The lowest BCUT2D eigenvalue weighted by atomic mass is 10.2. The molecule has 0 atom stereocenters. The van der Waals surface area contributed by atoms with Gasteiger partial charge in [0.25, 0.3) is 0 Å². The van der Waals surface area contributed by atoms with Gasteiger partial charge in [-0.2, -0.15) is 0 Å². The molecular weight excluding hydrogens is 144 g/mol. The zero-order valence-electron chi connectivity index (χ0n) is 5.50. The molecule has 0 fully saturated rings. The van der Waals surface area contributed by atoms with Gasteiger partial charge >= 0.3 is 0 Å². The number of hydrogen-bond acceptors (Lipinski definition) is 3. The normalized spacial score (nSPS) is 15.2. The first kappa shape index (κ1) is 6.04. The molecule has 1 aliphatic heterocycles. The van der Waals surface area contributed by atoms with Gasteiger partial charge in [-0.25, -0.2) is 4.98 Å². The van der Waals surface area contributed by atoms with Crippen LogP contribution in [-0.2, 0) is 6.42 Å². The Morgan fingerprint density at radius 1 is 1.60 bits per heavy atom. The Hall–Kier alpha value is -0.700. The number of hydrogen-bond donors (Lipinski definition) is 1. The lowest BCUT2D eigenvalue weighted by molar-refractivity contribution is 1.11. The molecule has 0 amide bonds. The van der Waals surface area contributed by atoms with Crippen LogP contribution in [0.2, 0.25) is 0 Å². The van der Waals surface area contributed by atoms with E-state index in [0.717, 1.165) is 12.2 Å². The fraction of sp³-hybridized carbons (Fsp3) is 0.286. The van der Waals surface area contributed by atoms with Crippen LogP contribution in [-0.4, -0.2) is 10.7 Å². The van der Waals surface area contributed by atoms with E-state index in [1.165, 1.54) is 10.5 Å². The lowest BCUT2D eigenvalue weighted by Gasteiger charge is -1.98. The molecule has 10 heavy (non-hydrogen) atoms. The molecule has 1 aromatic rings. The van der Waals surface area contributed by atoms with E-state index in [-0.39, 0.29) is 0 Å². The minimum Gasteiger partial charge on any atom is -0.383 e. The number of nitrogen functional groups attached to an aromatic ring is 1. The highest BCUT2D eigenvalue weighted by atomic mass is 32.2. The second-order valence-electron chi connectivity index (χ2n) is 2.27. The SMILES string of the molecule is Nc1nccc2c1CCS2. The maximum absolute atomic E-state index is 5.65. The Morgan fingerprint density at radius 2 is 2.50 bits per heavy atom. The number of fused-ring (bicyclic) bond motifs is 1. The Labute approximate surface area is 63.8 Å². The van der Waals surface area contributed by atoms with Gasteiger partial charge in [0.2, 0.25) is 0 Å². The van der Waals surface area contributed by atoms with E-state index in [2.05, 4.69) is 4.98 Å². The zero-order chi connectivity index (χ0) is 6.97. The minimum absolute atomic E-state index is 0.711. The summed E-state index contributed by atoms with van der Waals surface area (Å²) in [6.45, 7) is 0. The third-order valence-electron chi connectivity index (χ3n) is 1.66. The summed E-state index contributed by atoms with van der Waals surface area (Å²) in [6, 6.07) is 2.03. The zero-order valence-corrected chi connectivity index (χ0v) is 6.32. The number of rotatable bonds is 0. The molecule has 52 valence electrons. The molecule has 3 heteroatoms. The van der Waals surface area contributed by atoms with Crippen molar-refractivity contribution in [1.29, 1.82) is 0 Å². The van der Waals surface area contributed by atoms with Gasteiger partial charge in [-0.1, -0.05) is 0 Å². The summed E-state index contributed by atoms with van der Waals surface area (Å²) < 4.78 is 0. The minimum atomic E-state index is 0.711. The van der Waals surface area contributed by atoms with Crippen LogP contribution in [0.4, 0.5) is 5.82 Å². The summed E-state index contributed by atoms with van der Waals surface area (Å²) in [4.78, 5) is 5.33. The molecule has 0 unspecified atom stereocenters. The van der Waals surface area contributed by atoms with E-state index in [1.807, 2.05) is 17.8 Å². The van der Waals surface area contributed by atoms with Crippen LogP contribution in [0.25, 0.3) is 0 Å². The maximum Gasteiger partial charge on any atom is 0.127 e. The van der Waals surface area contributed by atoms with Gasteiger partial charge in [-0.15, -0.1) is 11.8 Å². The van der Waals surface area contributed by atoms with Crippen LogP contribution < -0.4 is 5.73 Å². The number of anilines is 1. The van der Waals surface area contributed by atoms with E-state index < -0.39 is 0 Å². The molecule has 2 rings (SSSR count). The molecule has 1 aromatic heterocycles. The van der Waals surface area contributed by atoms with Gasteiger partial charge in [0.05, 0.1) is 0 Å². The van der Waals surface area contributed by atoms with E-state index >= 15 is 0 Å². The largest absolute Gasteiger partial charge is 0.383 e. The molecule has 0 bridgehead atoms. The second kappa shape index (κ2) is 2.16. The van der Waals surface area contributed by atoms with Gasteiger partial charge < -0.3 is 5.73 Å². The first-order chi connectivity index (χ1) is 4.88. The smallest absolute Gasteiger partial charge is 0.127 e. The predicted molar refractivity (Wildman–Crippen MR) is 43.1 cm³/mol. The van der Waals surface area contributed by atoms with Gasteiger partial charge in [-0.3, -0.25) is 0 Å². The van der Waals surface area contributed by atoms with Crippen LogP contribution in [0.3, 0.4) is 0 Å². The van der Waals surface area contributed by atoms with Crippen molar-refractivity contribution in [3.63, 3.8) is 0 Å². The van der Waals surface area contributed by atoms with E-state index in [9.17, 15) is 0 Å². The molecule has 0 aliphatic carbocycles. The van der Waals surface area contributed by atoms with Crippen LogP contribution in [0.1, 0.15) is 5.56 Å². The summed E-state index contributed by atoms with van der Waals surface area (Å²) in [5.41, 5.74) is 6.89. The van der Waals surface area contributed by atoms with E-state index in [1.54, 1.807) is 6.20 Å². The Balaban J connectivity index is 2.59. The molecule has 0 aromatic carbocycles. The molecule has 0 saturated carbocycles. The Morgan fingerprint density at radius 3 is 3.30 bits per heavy atom. The highest BCUT2D eigenvalue weighted by molar-refractivity contribution is 7.99. The Bertz CT molecular complexity index is 260. The fourth-order valence-corrected chi connectivity index (χ4v) is 2.20. The molecule has 2 heterocycles. The van der Waals surface area contributed by atoms with Crippen molar-refractivity contribution < 1.29 is 0 Å². The van der Waals surface area contributed by atoms with Gasteiger partial charge in [0.15, 0.2) is 0 Å². The van der Waals surface area contributed by atoms with Crippen molar-refractivity contribution in [3.8, 4) is 0 Å². The molecule has 2 N–H and O–H groups in total. The average molecular weight is 152 g/mol. The first-order valence-corrected chi connectivity index (χ1v) is 4.22. The maximum atomic E-state index is 5.65. The van der Waals surface area contributed by atoms with Gasteiger partial charge in [-0.05, 0) is 12.5 Å². The summed E-state index contributed by atoms with van der Waals surface area (Å²) in [5, 5.41) is 0. The Kier molecular flexibility index (Phi) is 1.31. The van der Waals surface area contributed by atoms with Crippen molar-refractivity contribution in [3.05, 3.63) is 17.8 Å². The number of pyridine rings is 1. The van der Waals surface area contributed by atoms with Crippen LogP contribution in [0.5, 0.6) is 0 Å². The van der Waals surface area contributed by atoms with Crippen molar-refractivity contribution in [2.24, 2.45) is 0 Å². The summed E-state index contributed by atoms with van der Waals surface area (Å²) >= 11 is 1.86. The van der Waals surface area contributed by atoms with Gasteiger partial charge in [0, 0.05) is 22.4 Å². The quantitative estimate of drug-likeness (QED) is 0.609. The molecule has 0 spiro atoms. The van der Waals surface area contributed by atoms with Crippen molar-refractivity contribution in [1.82, 2.24) is 4.98 Å². The predicted octanol–water partition coefficient (Wildman–Crippen LogP) is 1.31. The summed E-state index contributed by atoms with van der Waals surface area (Å²) in [6.07, 6.45) is 2.85. The van der Waals surface area contributed by atoms with Gasteiger partial charge in [0.1, 0.15) is 5.82 Å². The van der Waals surface area contributed by atoms with Crippen molar-refractivity contribution in [2.45, 2.75) is 11.3 Å². The summed E-state index contributed by atoms with van der Waals surface area (Å²) in [5.74, 6) is 1.87. The molecule has 0 saturated heterocycles. The van der Waals surface area contributed by atoms with Crippen LogP contribution >= 0.6 is 11.8 Å². The van der Waals surface area contributed by atoms with Crippen molar-refractivity contribution in [2.75, 3.05) is 11.5 Å². The first-order valence-electron chi connectivity index (χ1n) is 3.24. The van der Waals surface area contributed by atoms with E-state index in [4.69, 9.17) is 5.73 Å². The molecule has 1 aliphatic rings. The van der Waals surface area contributed by atoms with Crippen molar-refractivity contribution >= 4 is 17.6 Å². The van der Waals surface area contributed by atoms with Crippen LogP contribution in [0.15, 0.2) is 17.2 Å². The fourth-order valence-electron chi connectivity index (χ4n) is 1.14.